The Morgan fingerprint density at radius 2 is 1.83 bits per heavy atom. The summed E-state index contributed by atoms with van der Waals surface area (Å²) in [5.74, 6) is 1.85. The van der Waals surface area contributed by atoms with Gasteiger partial charge in [0, 0.05) is 17.5 Å². The van der Waals surface area contributed by atoms with Gasteiger partial charge in [0.15, 0.2) is 0 Å². The van der Waals surface area contributed by atoms with E-state index in [2.05, 4.69) is 6.92 Å². The predicted octanol–water partition coefficient (Wildman–Crippen LogP) is 2.78. The van der Waals surface area contributed by atoms with Crippen LogP contribution in [0.25, 0.3) is 0 Å². The second-order valence-electron chi connectivity index (χ2n) is 5.18. The molecule has 0 aliphatic heterocycles. The average molecular weight is 249 g/mol. The van der Waals surface area contributed by atoms with E-state index in [9.17, 15) is 0 Å². The maximum Gasteiger partial charge on any atom is 0.129 e. The van der Waals surface area contributed by atoms with Gasteiger partial charge in [-0.15, -0.1) is 0 Å². The summed E-state index contributed by atoms with van der Waals surface area (Å²) < 4.78 is 11.2. The van der Waals surface area contributed by atoms with Crippen molar-refractivity contribution in [2.24, 2.45) is 5.73 Å². The van der Waals surface area contributed by atoms with Gasteiger partial charge in [-0.3, -0.25) is 0 Å². The van der Waals surface area contributed by atoms with Crippen molar-refractivity contribution >= 4 is 0 Å². The van der Waals surface area contributed by atoms with Crippen molar-refractivity contribution < 1.29 is 9.47 Å². The molecule has 0 heterocycles. The van der Waals surface area contributed by atoms with Crippen LogP contribution in [0.5, 0.6) is 11.5 Å². The Balaban J connectivity index is 2.62. The molecule has 0 amide bonds. The molecular formula is C15H23NO2. The minimum atomic E-state index is 0.0305. The quantitative estimate of drug-likeness (QED) is 0.892. The van der Waals surface area contributed by atoms with Crippen molar-refractivity contribution in [2.45, 2.75) is 38.0 Å². The highest BCUT2D eigenvalue weighted by Crippen LogP contribution is 2.49. The molecule has 1 saturated carbocycles. The molecule has 1 aromatic carbocycles. The van der Waals surface area contributed by atoms with Gasteiger partial charge in [-0.1, -0.05) is 18.9 Å². The zero-order valence-electron chi connectivity index (χ0n) is 11.6. The van der Waals surface area contributed by atoms with E-state index in [0.717, 1.165) is 29.9 Å². The fourth-order valence-corrected chi connectivity index (χ4v) is 3.21. The van der Waals surface area contributed by atoms with E-state index in [1.807, 2.05) is 12.1 Å². The highest BCUT2D eigenvalue weighted by atomic mass is 16.5. The standard InChI is InChI=1S/C15H23NO2/c1-11-6-7-12(17-2)13(14(11)18-3)15(10-16)8-4-5-9-15/h6-7H,4-5,8-10,16H2,1-3H3. The van der Waals surface area contributed by atoms with Crippen molar-refractivity contribution in [3.8, 4) is 11.5 Å². The van der Waals surface area contributed by atoms with Crippen LogP contribution in [0.2, 0.25) is 0 Å². The third-order valence-corrected chi connectivity index (χ3v) is 4.22. The predicted molar refractivity (Wildman–Crippen MR) is 73.5 cm³/mol. The monoisotopic (exact) mass is 249 g/mol. The molecule has 2 rings (SSSR count). The summed E-state index contributed by atoms with van der Waals surface area (Å²) in [4.78, 5) is 0. The number of ether oxygens (including phenoxy) is 2. The van der Waals surface area contributed by atoms with Crippen LogP contribution in [0.4, 0.5) is 0 Å². The lowest BCUT2D eigenvalue weighted by Crippen LogP contribution is -2.33. The number of hydrogen-bond donors (Lipinski definition) is 1. The van der Waals surface area contributed by atoms with Crippen LogP contribution in [0.15, 0.2) is 12.1 Å². The minimum Gasteiger partial charge on any atom is -0.496 e. The number of benzene rings is 1. The Kier molecular flexibility index (Phi) is 3.81. The van der Waals surface area contributed by atoms with Gasteiger partial charge >= 0.3 is 0 Å². The lowest BCUT2D eigenvalue weighted by Gasteiger charge is -2.31. The first-order valence-electron chi connectivity index (χ1n) is 6.60. The summed E-state index contributed by atoms with van der Waals surface area (Å²) in [5, 5.41) is 0. The molecule has 3 heteroatoms. The molecule has 0 unspecified atom stereocenters. The second-order valence-corrected chi connectivity index (χ2v) is 5.18. The first-order valence-corrected chi connectivity index (χ1v) is 6.60. The molecule has 2 N–H and O–H groups in total. The van der Waals surface area contributed by atoms with Gasteiger partial charge in [0.2, 0.25) is 0 Å². The highest BCUT2D eigenvalue weighted by Gasteiger charge is 2.39. The van der Waals surface area contributed by atoms with Gasteiger partial charge in [0.05, 0.1) is 14.2 Å². The summed E-state index contributed by atoms with van der Waals surface area (Å²) in [5.41, 5.74) is 8.44. The van der Waals surface area contributed by atoms with Crippen LogP contribution >= 0.6 is 0 Å². The number of methoxy groups -OCH3 is 2. The van der Waals surface area contributed by atoms with Crippen LogP contribution in [0, 0.1) is 6.92 Å². The molecule has 1 aromatic rings. The Labute approximate surface area is 109 Å². The third-order valence-electron chi connectivity index (χ3n) is 4.22. The molecule has 18 heavy (non-hydrogen) atoms. The van der Waals surface area contributed by atoms with E-state index in [0.29, 0.717) is 6.54 Å². The fourth-order valence-electron chi connectivity index (χ4n) is 3.21. The number of aryl methyl sites for hydroxylation is 1. The lowest BCUT2D eigenvalue weighted by atomic mass is 9.77. The molecule has 0 atom stereocenters. The van der Waals surface area contributed by atoms with Crippen molar-refractivity contribution in [3.05, 3.63) is 23.3 Å². The average Bonchev–Trinajstić information content (AvgIpc) is 2.88. The van der Waals surface area contributed by atoms with Gasteiger partial charge in [-0.2, -0.15) is 0 Å². The summed E-state index contributed by atoms with van der Waals surface area (Å²) in [6.45, 7) is 2.73. The molecule has 0 bridgehead atoms. The number of nitrogens with two attached hydrogens (primary N) is 1. The van der Waals surface area contributed by atoms with Crippen LogP contribution < -0.4 is 15.2 Å². The molecule has 0 spiro atoms. The van der Waals surface area contributed by atoms with E-state index in [1.165, 1.54) is 18.4 Å². The van der Waals surface area contributed by atoms with Crippen molar-refractivity contribution in [1.82, 2.24) is 0 Å². The SMILES string of the molecule is COc1ccc(C)c(OC)c1C1(CN)CCCC1. The van der Waals surface area contributed by atoms with Gasteiger partial charge in [-0.25, -0.2) is 0 Å². The smallest absolute Gasteiger partial charge is 0.129 e. The van der Waals surface area contributed by atoms with Crippen LogP contribution in [-0.4, -0.2) is 20.8 Å². The van der Waals surface area contributed by atoms with Gasteiger partial charge in [-0.05, 0) is 31.4 Å². The largest absolute Gasteiger partial charge is 0.496 e. The second kappa shape index (κ2) is 5.19. The molecular weight excluding hydrogens is 226 g/mol. The minimum absolute atomic E-state index is 0.0305. The van der Waals surface area contributed by atoms with E-state index >= 15 is 0 Å². The first kappa shape index (κ1) is 13.2. The Bertz CT molecular complexity index is 423. The molecule has 0 aromatic heterocycles. The van der Waals surface area contributed by atoms with Gasteiger partial charge in [0.25, 0.3) is 0 Å². The zero-order chi connectivity index (χ0) is 13.2. The van der Waals surface area contributed by atoms with Crippen molar-refractivity contribution in [2.75, 3.05) is 20.8 Å². The Morgan fingerprint density at radius 3 is 2.33 bits per heavy atom. The number of rotatable bonds is 4. The highest BCUT2D eigenvalue weighted by molar-refractivity contribution is 5.54. The van der Waals surface area contributed by atoms with Gasteiger partial charge < -0.3 is 15.2 Å². The molecule has 3 nitrogen and oxygen atoms in total. The Hall–Kier alpha value is -1.22. The fraction of sp³-hybridized carbons (Fsp3) is 0.600. The maximum atomic E-state index is 6.09. The van der Waals surface area contributed by atoms with Crippen molar-refractivity contribution in [3.63, 3.8) is 0 Å². The van der Waals surface area contributed by atoms with E-state index < -0.39 is 0 Å². The van der Waals surface area contributed by atoms with Gasteiger partial charge in [0.1, 0.15) is 11.5 Å². The zero-order valence-corrected chi connectivity index (χ0v) is 11.6. The van der Waals surface area contributed by atoms with E-state index in [-0.39, 0.29) is 5.41 Å². The van der Waals surface area contributed by atoms with E-state index in [1.54, 1.807) is 14.2 Å². The molecule has 0 radical (unpaired) electrons. The van der Waals surface area contributed by atoms with Crippen LogP contribution in [-0.2, 0) is 5.41 Å². The molecule has 1 aliphatic carbocycles. The lowest BCUT2D eigenvalue weighted by molar-refractivity contribution is 0.345. The van der Waals surface area contributed by atoms with Crippen LogP contribution in [0.1, 0.15) is 36.8 Å². The van der Waals surface area contributed by atoms with Crippen molar-refractivity contribution in [1.29, 1.82) is 0 Å². The summed E-state index contributed by atoms with van der Waals surface area (Å²) in [6.07, 6.45) is 4.72. The third kappa shape index (κ3) is 1.97. The van der Waals surface area contributed by atoms with E-state index in [4.69, 9.17) is 15.2 Å². The van der Waals surface area contributed by atoms with Crippen LogP contribution in [0.3, 0.4) is 0 Å². The number of hydrogen-bond acceptors (Lipinski definition) is 3. The molecule has 1 fully saturated rings. The summed E-state index contributed by atoms with van der Waals surface area (Å²) in [7, 11) is 3.44. The molecule has 1 aliphatic rings. The topological polar surface area (TPSA) is 44.5 Å². The summed E-state index contributed by atoms with van der Waals surface area (Å²) in [6, 6.07) is 4.07. The Morgan fingerprint density at radius 1 is 1.17 bits per heavy atom. The molecule has 0 saturated heterocycles. The molecule has 100 valence electrons. The maximum absolute atomic E-state index is 6.09. The normalized spacial score (nSPS) is 17.8. The first-order chi connectivity index (χ1) is 8.68. The summed E-state index contributed by atoms with van der Waals surface area (Å²) >= 11 is 0.